The minimum absolute atomic E-state index is 0.252. The predicted molar refractivity (Wildman–Crippen MR) is 72.9 cm³/mol. The summed E-state index contributed by atoms with van der Waals surface area (Å²) in [6.07, 6.45) is 6.94. The van der Waals surface area contributed by atoms with Gasteiger partial charge in [0.1, 0.15) is 0 Å². The standard InChI is InChI=1S/C14H25BO2/c1-6-7-8-9-10-11-12-15-16-13(2,3)14(4,5)17-15/h10,12H,6-9H2,1-5H3. The monoisotopic (exact) mass is 236 g/mol. The third kappa shape index (κ3) is 4.03. The van der Waals surface area contributed by atoms with Crippen molar-refractivity contribution in [1.29, 1.82) is 0 Å². The molecular weight excluding hydrogens is 211 g/mol. The van der Waals surface area contributed by atoms with E-state index in [0.717, 1.165) is 6.42 Å². The summed E-state index contributed by atoms with van der Waals surface area (Å²) in [5.41, 5.74) is 2.66. The predicted octanol–water partition coefficient (Wildman–Crippen LogP) is 3.91. The first-order valence-corrected chi connectivity index (χ1v) is 6.66. The Morgan fingerprint density at radius 2 is 1.65 bits per heavy atom. The normalized spacial score (nSPS) is 21.1. The Hall–Kier alpha value is -0.495. The van der Waals surface area contributed by atoms with Crippen LogP contribution in [0.3, 0.4) is 0 Å². The van der Waals surface area contributed by atoms with Crippen LogP contribution < -0.4 is 0 Å². The molecule has 0 aromatic carbocycles. The summed E-state index contributed by atoms with van der Waals surface area (Å²) in [6.45, 7) is 10.5. The molecule has 0 aliphatic carbocycles. The Kier molecular flexibility index (Phi) is 5.06. The molecule has 0 N–H and O–H groups in total. The molecule has 0 radical (unpaired) electrons. The molecule has 0 aromatic heterocycles. The van der Waals surface area contributed by atoms with Crippen molar-refractivity contribution in [2.45, 2.75) is 71.5 Å². The van der Waals surface area contributed by atoms with Crippen LogP contribution in [0.1, 0.15) is 60.3 Å². The van der Waals surface area contributed by atoms with E-state index in [1.165, 1.54) is 19.3 Å². The first-order valence-electron chi connectivity index (χ1n) is 6.66. The van der Waals surface area contributed by atoms with Gasteiger partial charge >= 0.3 is 7.12 Å². The molecule has 17 heavy (non-hydrogen) atoms. The van der Waals surface area contributed by atoms with Crippen molar-refractivity contribution in [1.82, 2.24) is 0 Å². The molecule has 1 aliphatic rings. The first kappa shape index (κ1) is 14.6. The van der Waals surface area contributed by atoms with Crippen LogP contribution >= 0.6 is 0 Å². The summed E-state index contributed by atoms with van der Waals surface area (Å²) in [4.78, 5) is 0. The highest BCUT2D eigenvalue weighted by Crippen LogP contribution is 2.36. The fraction of sp³-hybridized carbons (Fsp3) is 0.786. The SMILES string of the molecule is CCCCCC=C=CB1OC(C)(C)C(C)(C)O1. The zero-order valence-electron chi connectivity index (χ0n) is 11.9. The molecule has 0 saturated carbocycles. The second-order valence-corrected chi connectivity index (χ2v) is 5.66. The lowest BCUT2D eigenvalue weighted by Gasteiger charge is -2.32. The van der Waals surface area contributed by atoms with E-state index in [0.29, 0.717) is 0 Å². The molecular formula is C14H25BO2. The Morgan fingerprint density at radius 1 is 1.06 bits per heavy atom. The van der Waals surface area contributed by atoms with Crippen molar-refractivity contribution in [2.24, 2.45) is 0 Å². The minimum atomic E-state index is -0.262. The number of rotatable bonds is 5. The highest BCUT2D eigenvalue weighted by atomic mass is 16.7. The maximum Gasteiger partial charge on any atom is 0.495 e. The maximum atomic E-state index is 5.83. The number of hydrogen-bond donors (Lipinski definition) is 0. The van der Waals surface area contributed by atoms with Crippen LogP contribution in [0, 0.1) is 0 Å². The summed E-state index contributed by atoms with van der Waals surface area (Å²) >= 11 is 0. The zero-order valence-corrected chi connectivity index (χ0v) is 11.9. The molecule has 1 saturated heterocycles. The molecule has 1 rings (SSSR count). The molecule has 96 valence electrons. The van der Waals surface area contributed by atoms with Gasteiger partial charge in [-0.15, -0.1) is 5.73 Å². The lowest BCUT2D eigenvalue weighted by atomic mass is 9.90. The van der Waals surface area contributed by atoms with Crippen molar-refractivity contribution in [3.05, 3.63) is 17.8 Å². The maximum absolute atomic E-state index is 5.83. The van der Waals surface area contributed by atoms with Crippen molar-refractivity contribution >= 4 is 7.12 Å². The zero-order chi connectivity index (χ0) is 12.9. The van der Waals surface area contributed by atoms with Crippen LogP contribution in [0.25, 0.3) is 0 Å². The average molecular weight is 236 g/mol. The van der Waals surface area contributed by atoms with E-state index < -0.39 is 0 Å². The third-order valence-corrected chi connectivity index (χ3v) is 3.57. The van der Waals surface area contributed by atoms with E-state index in [1.54, 1.807) is 0 Å². The summed E-state index contributed by atoms with van der Waals surface area (Å²) in [7, 11) is -0.262. The fourth-order valence-corrected chi connectivity index (χ4v) is 1.68. The molecule has 1 aliphatic heterocycles. The van der Waals surface area contributed by atoms with Gasteiger partial charge in [-0.05, 0) is 52.6 Å². The van der Waals surface area contributed by atoms with Crippen LogP contribution in [0.15, 0.2) is 17.8 Å². The van der Waals surface area contributed by atoms with Crippen LogP contribution in [-0.4, -0.2) is 18.3 Å². The number of allylic oxidation sites excluding steroid dienone is 1. The summed E-state index contributed by atoms with van der Waals surface area (Å²) in [6, 6.07) is 0. The molecule has 0 atom stereocenters. The fourth-order valence-electron chi connectivity index (χ4n) is 1.68. The van der Waals surface area contributed by atoms with Crippen LogP contribution in [0.4, 0.5) is 0 Å². The van der Waals surface area contributed by atoms with E-state index in [2.05, 4.69) is 46.4 Å². The summed E-state index contributed by atoms with van der Waals surface area (Å²) in [5.74, 6) is 1.88. The molecule has 2 nitrogen and oxygen atoms in total. The van der Waals surface area contributed by atoms with Crippen molar-refractivity contribution < 1.29 is 9.31 Å². The second-order valence-electron chi connectivity index (χ2n) is 5.66. The van der Waals surface area contributed by atoms with E-state index in [1.807, 2.05) is 5.98 Å². The number of hydrogen-bond acceptors (Lipinski definition) is 2. The van der Waals surface area contributed by atoms with Gasteiger partial charge in [0.15, 0.2) is 0 Å². The van der Waals surface area contributed by atoms with Crippen LogP contribution in [0.5, 0.6) is 0 Å². The van der Waals surface area contributed by atoms with Gasteiger partial charge in [0.2, 0.25) is 0 Å². The highest BCUT2D eigenvalue weighted by molar-refractivity contribution is 6.51. The van der Waals surface area contributed by atoms with Gasteiger partial charge in [0, 0.05) is 0 Å². The van der Waals surface area contributed by atoms with Crippen molar-refractivity contribution in [3.63, 3.8) is 0 Å². The second kappa shape index (κ2) is 5.90. The Morgan fingerprint density at radius 3 is 2.18 bits per heavy atom. The van der Waals surface area contributed by atoms with Gasteiger partial charge in [-0.1, -0.05) is 19.8 Å². The molecule has 1 heterocycles. The van der Waals surface area contributed by atoms with E-state index in [9.17, 15) is 0 Å². The van der Waals surface area contributed by atoms with Crippen molar-refractivity contribution in [2.75, 3.05) is 0 Å². The van der Waals surface area contributed by atoms with Gasteiger partial charge < -0.3 is 9.31 Å². The molecule has 0 unspecified atom stereocenters. The molecule has 0 aromatic rings. The smallest absolute Gasteiger partial charge is 0.399 e. The van der Waals surface area contributed by atoms with Gasteiger partial charge in [-0.25, -0.2) is 0 Å². The van der Waals surface area contributed by atoms with E-state index in [4.69, 9.17) is 9.31 Å². The van der Waals surface area contributed by atoms with Crippen LogP contribution in [0.2, 0.25) is 0 Å². The molecule has 0 amide bonds. The molecule has 3 heteroatoms. The average Bonchev–Trinajstić information content (AvgIpc) is 2.41. The molecule has 0 bridgehead atoms. The first-order chi connectivity index (χ1) is 7.89. The van der Waals surface area contributed by atoms with Gasteiger partial charge in [-0.2, -0.15) is 0 Å². The lowest BCUT2D eigenvalue weighted by molar-refractivity contribution is 0.00578. The summed E-state index contributed by atoms with van der Waals surface area (Å²) in [5, 5.41) is 0. The van der Waals surface area contributed by atoms with Gasteiger partial charge in [0.05, 0.1) is 11.2 Å². The number of unbranched alkanes of at least 4 members (excludes halogenated alkanes) is 3. The molecule has 1 fully saturated rings. The van der Waals surface area contributed by atoms with Gasteiger partial charge in [-0.3, -0.25) is 0 Å². The Bertz CT molecular complexity index is 285. The molecule has 0 spiro atoms. The topological polar surface area (TPSA) is 18.5 Å². The Balaban J connectivity index is 2.42. The third-order valence-electron chi connectivity index (χ3n) is 3.57. The Labute approximate surface area is 106 Å². The summed E-state index contributed by atoms with van der Waals surface area (Å²) < 4.78 is 11.7. The van der Waals surface area contributed by atoms with Gasteiger partial charge in [0.25, 0.3) is 0 Å². The van der Waals surface area contributed by atoms with Crippen LogP contribution in [-0.2, 0) is 9.31 Å². The van der Waals surface area contributed by atoms with E-state index in [-0.39, 0.29) is 18.3 Å². The quantitative estimate of drug-likeness (QED) is 0.409. The van der Waals surface area contributed by atoms with E-state index >= 15 is 0 Å². The minimum Gasteiger partial charge on any atom is -0.399 e. The highest BCUT2D eigenvalue weighted by Gasteiger charge is 2.50. The largest absolute Gasteiger partial charge is 0.495 e. The van der Waals surface area contributed by atoms with Crippen molar-refractivity contribution in [3.8, 4) is 0 Å². The lowest BCUT2D eigenvalue weighted by Crippen LogP contribution is -2.41.